The SMILES string of the molecule is CC(=NNC(=O)CCCOc1ccc(Cl)cc1Cl)c1ccccc1Cl. The highest BCUT2D eigenvalue weighted by Crippen LogP contribution is 2.27. The molecule has 132 valence electrons. The summed E-state index contributed by atoms with van der Waals surface area (Å²) in [5.41, 5.74) is 3.94. The number of hydrogen-bond acceptors (Lipinski definition) is 3. The standard InChI is InChI=1S/C18H17Cl3N2O2/c1-12(14-5-2-3-6-15(14)20)22-23-18(24)7-4-10-25-17-9-8-13(19)11-16(17)21/h2-3,5-6,8-9,11H,4,7,10H2,1H3,(H,23,24). The second-order valence-corrected chi connectivity index (χ2v) is 6.49. The van der Waals surface area contributed by atoms with Crippen LogP contribution in [-0.2, 0) is 4.79 Å². The van der Waals surface area contributed by atoms with Crippen molar-refractivity contribution < 1.29 is 9.53 Å². The highest BCUT2D eigenvalue weighted by molar-refractivity contribution is 6.35. The summed E-state index contributed by atoms with van der Waals surface area (Å²) >= 11 is 17.9. The van der Waals surface area contributed by atoms with Gasteiger partial charge in [-0.15, -0.1) is 0 Å². The Labute approximate surface area is 161 Å². The molecule has 25 heavy (non-hydrogen) atoms. The van der Waals surface area contributed by atoms with Gasteiger partial charge in [0.1, 0.15) is 5.75 Å². The number of hydrogen-bond donors (Lipinski definition) is 1. The van der Waals surface area contributed by atoms with Gasteiger partial charge in [-0.3, -0.25) is 4.79 Å². The summed E-state index contributed by atoms with van der Waals surface area (Å²) in [5, 5.41) is 5.65. The second-order valence-electron chi connectivity index (χ2n) is 5.24. The minimum absolute atomic E-state index is 0.197. The van der Waals surface area contributed by atoms with Crippen LogP contribution in [0.3, 0.4) is 0 Å². The zero-order valence-electron chi connectivity index (χ0n) is 13.6. The number of rotatable bonds is 7. The molecule has 0 aliphatic rings. The van der Waals surface area contributed by atoms with E-state index in [0.29, 0.717) is 39.6 Å². The third-order valence-electron chi connectivity index (χ3n) is 3.31. The van der Waals surface area contributed by atoms with E-state index in [-0.39, 0.29) is 12.3 Å². The summed E-state index contributed by atoms with van der Waals surface area (Å²) in [6, 6.07) is 12.3. The molecule has 0 heterocycles. The molecule has 0 aromatic heterocycles. The van der Waals surface area contributed by atoms with Gasteiger partial charge in [0.15, 0.2) is 0 Å². The fourth-order valence-corrected chi connectivity index (χ4v) is 2.76. The zero-order chi connectivity index (χ0) is 18.2. The van der Waals surface area contributed by atoms with Gasteiger partial charge in [0, 0.05) is 22.0 Å². The molecule has 2 aromatic rings. The number of amides is 1. The molecule has 0 aliphatic carbocycles. The van der Waals surface area contributed by atoms with Gasteiger partial charge in [0.2, 0.25) is 5.91 Å². The molecule has 0 aliphatic heterocycles. The third kappa shape index (κ3) is 6.24. The smallest absolute Gasteiger partial charge is 0.240 e. The van der Waals surface area contributed by atoms with E-state index in [4.69, 9.17) is 39.5 Å². The lowest BCUT2D eigenvalue weighted by Crippen LogP contribution is -2.19. The first-order valence-electron chi connectivity index (χ1n) is 7.63. The van der Waals surface area contributed by atoms with Crippen molar-refractivity contribution in [3.05, 3.63) is 63.1 Å². The summed E-state index contributed by atoms with van der Waals surface area (Å²) in [5.74, 6) is 0.344. The Bertz CT molecular complexity index is 779. The Morgan fingerprint density at radius 1 is 1.12 bits per heavy atom. The fourth-order valence-electron chi connectivity index (χ4n) is 2.02. The van der Waals surface area contributed by atoms with Gasteiger partial charge in [0.05, 0.1) is 17.3 Å². The van der Waals surface area contributed by atoms with Crippen molar-refractivity contribution in [2.75, 3.05) is 6.61 Å². The number of halogens is 3. The number of benzene rings is 2. The molecule has 1 N–H and O–H groups in total. The first-order chi connectivity index (χ1) is 12.0. The predicted molar refractivity (Wildman–Crippen MR) is 103 cm³/mol. The van der Waals surface area contributed by atoms with Crippen LogP contribution in [0, 0.1) is 0 Å². The van der Waals surface area contributed by atoms with Crippen molar-refractivity contribution in [1.82, 2.24) is 5.43 Å². The molecular formula is C18H17Cl3N2O2. The van der Waals surface area contributed by atoms with E-state index in [0.717, 1.165) is 5.56 Å². The van der Waals surface area contributed by atoms with E-state index < -0.39 is 0 Å². The summed E-state index contributed by atoms with van der Waals surface area (Å²) in [6.45, 7) is 2.15. The normalized spacial score (nSPS) is 11.3. The van der Waals surface area contributed by atoms with Gasteiger partial charge >= 0.3 is 0 Å². The molecule has 0 atom stereocenters. The Morgan fingerprint density at radius 3 is 2.60 bits per heavy atom. The number of ether oxygens (including phenoxy) is 1. The van der Waals surface area contributed by atoms with Crippen molar-refractivity contribution in [2.24, 2.45) is 5.10 Å². The van der Waals surface area contributed by atoms with Crippen molar-refractivity contribution in [1.29, 1.82) is 0 Å². The lowest BCUT2D eigenvalue weighted by Gasteiger charge is -2.08. The third-order valence-corrected chi connectivity index (χ3v) is 4.17. The van der Waals surface area contributed by atoms with Gasteiger partial charge in [-0.05, 0) is 37.6 Å². The van der Waals surface area contributed by atoms with Crippen molar-refractivity contribution >= 4 is 46.4 Å². The molecule has 0 spiro atoms. The van der Waals surface area contributed by atoms with Crippen LogP contribution >= 0.6 is 34.8 Å². The van der Waals surface area contributed by atoms with Crippen molar-refractivity contribution in [3.8, 4) is 5.75 Å². The number of nitrogens with one attached hydrogen (secondary N) is 1. The molecule has 0 radical (unpaired) electrons. The van der Waals surface area contributed by atoms with E-state index in [1.807, 2.05) is 18.2 Å². The lowest BCUT2D eigenvalue weighted by atomic mass is 10.1. The molecule has 0 bridgehead atoms. The van der Waals surface area contributed by atoms with E-state index in [9.17, 15) is 4.79 Å². The minimum Gasteiger partial charge on any atom is -0.492 e. The topological polar surface area (TPSA) is 50.7 Å². The van der Waals surface area contributed by atoms with Gasteiger partial charge in [-0.25, -0.2) is 5.43 Å². The summed E-state index contributed by atoms with van der Waals surface area (Å²) in [6.07, 6.45) is 0.815. The predicted octanol–water partition coefficient (Wildman–Crippen LogP) is 5.35. The van der Waals surface area contributed by atoms with Crippen molar-refractivity contribution in [3.63, 3.8) is 0 Å². The fraction of sp³-hybridized carbons (Fsp3) is 0.222. The van der Waals surface area contributed by atoms with E-state index in [1.165, 1.54) is 0 Å². The first-order valence-corrected chi connectivity index (χ1v) is 8.76. The maximum absolute atomic E-state index is 11.8. The highest BCUT2D eigenvalue weighted by Gasteiger charge is 2.06. The van der Waals surface area contributed by atoms with Gasteiger partial charge in [0.25, 0.3) is 0 Å². The van der Waals surface area contributed by atoms with E-state index in [1.54, 1.807) is 31.2 Å². The Kier molecular flexibility index (Phi) is 7.56. The largest absolute Gasteiger partial charge is 0.492 e. The number of carbonyl (C=O) groups excluding carboxylic acids is 1. The van der Waals surface area contributed by atoms with Crippen LogP contribution in [0.15, 0.2) is 47.6 Å². The molecule has 7 heteroatoms. The molecule has 0 saturated heterocycles. The van der Waals surface area contributed by atoms with Crippen LogP contribution in [0.4, 0.5) is 0 Å². The maximum Gasteiger partial charge on any atom is 0.240 e. The van der Waals surface area contributed by atoms with Gasteiger partial charge < -0.3 is 4.74 Å². The Hall–Kier alpha value is -1.75. The molecule has 0 saturated carbocycles. The van der Waals surface area contributed by atoms with Crippen LogP contribution < -0.4 is 10.2 Å². The Morgan fingerprint density at radius 2 is 1.88 bits per heavy atom. The molecule has 0 unspecified atom stereocenters. The maximum atomic E-state index is 11.8. The summed E-state index contributed by atoms with van der Waals surface area (Å²) < 4.78 is 5.53. The van der Waals surface area contributed by atoms with Crippen LogP contribution in [-0.4, -0.2) is 18.2 Å². The quantitative estimate of drug-likeness (QED) is 0.388. The summed E-state index contributed by atoms with van der Waals surface area (Å²) in [7, 11) is 0. The van der Waals surface area contributed by atoms with E-state index >= 15 is 0 Å². The monoisotopic (exact) mass is 398 g/mol. The average molecular weight is 400 g/mol. The number of carbonyl (C=O) groups is 1. The number of hydrazone groups is 1. The zero-order valence-corrected chi connectivity index (χ0v) is 15.8. The van der Waals surface area contributed by atoms with Gasteiger partial charge in [-0.1, -0.05) is 53.0 Å². The van der Waals surface area contributed by atoms with Gasteiger partial charge in [-0.2, -0.15) is 5.10 Å². The Balaban J connectivity index is 1.75. The first kappa shape index (κ1) is 19.6. The molecular weight excluding hydrogens is 383 g/mol. The lowest BCUT2D eigenvalue weighted by molar-refractivity contribution is -0.121. The van der Waals surface area contributed by atoms with E-state index in [2.05, 4.69) is 10.5 Å². The van der Waals surface area contributed by atoms with Crippen LogP contribution in [0.25, 0.3) is 0 Å². The molecule has 2 aromatic carbocycles. The minimum atomic E-state index is -0.197. The molecule has 4 nitrogen and oxygen atoms in total. The summed E-state index contributed by atoms with van der Waals surface area (Å²) in [4.78, 5) is 11.8. The van der Waals surface area contributed by atoms with Crippen LogP contribution in [0.2, 0.25) is 15.1 Å². The highest BCUT2D eigenvalue weighted by atomic mass is 35.5. The van der Waals surface area contributed by atoms with Crippen LogP contribution in [0.5, 0.6) is 5.75 Å². The van der Waals surface area contributed by atoms with Crippen LogP contribution in [0.1, 0.15) is 25.3 Å². The number of nitrogens with zero attached hydrogens (tertiary/aromatic N) is 1. The van der Waals surface area contributed by atoms with Crippen molar-refractivity contribution in [2.45, 2.75) is 19.8 Å². The molecule has 1 amide bonds. The molecule has 2 rings (SSSR count). The average Bonchev–Trinajstić information content (AvgIpc) is 2.58. The molecule has 0 fully saturated rings. The second kappa shape index (κ2) is 9.66.